The maximum atomic E-state index is 7.28. The fourth-order valence-corrected chi connectivity index (χ4v) is 11.9. The molecule has 5 rings (SSSR count). The molecule has 0 amide bonds. The Morgan fingerprint density at radius 3 is 1.92 bits per heavy atom. The molecule has 0 N–H and O–H groups in total. The van der Waals surface area contributed by atoms with Crippen LogP contribution in [0.1, 0.15) is 27.2 Å². The van der Waals surface area contributed by atoms with E-state index in [2.05, 4.69) is 124 Å². The van der Waals surface area contributed by atoms with E-state index < -0.39 is 33.6 Å². The summed E-state index contributed by atoms with van der Waals surface area (Å²) in [5.41, 5.74) is 5.16. The molecule has 0 spiro atoms. The van der Waals surface area contributed by atoms with Crippen molar-refractivity contribution in [2.75, 3.05) is 4.57 Å². The van der Waals surface area contributed by atoms with Crippen LogP contribution in [-0.2, 0) is 21.5 Å². The molecule has 206 valence electrons. The Bertz CT molecular complexity index is 1120. The Labute approximate surface area is 249 Å². The van der Waals surface area contributed by atoms with Gasteiger partial charge in [-0.2, -0.15) is 0 Å². The van der Waals surface area contributed by atoms with Gasteiger partial charge in [-0.15, -0.1) is 11.4 Å². The third-order valence-electron chi connectivity index (χ3n) is 8.75. The SMILES string of the molecule is CC(C)(C)[Si](C)(C)O[C@@H]1C[C@@H]2C=CC=C[C@@H]2C1[Si](C)(C)N1c2ccccc2[N-]c2ccccc21.[CH3-].[Cl][Ti][Cl]. The molecule has 1 saturated carbocycles. The summed E-state index contributed by atoms with van der Waals surface area (Å²) >= 11 is -0.556. The first-order valence-electron chi connectivity index (χ1n) is 13.1. The zero-order valence-electron chi connectivity index (χ0n) is 24.0. The first kappa shape index (κ1) is 31.7. The van der Waals surface area contributed by atoms with Gasteiger partial charge in [0.1, 0.15) is 0 Å². The summed E-state index contributed by atoms with van der Waals surface area (Å²) in [7, 11) is 5.75. The number of halogens is 2. The van der Waals surface area contributed by atoms with Gasteiger partial charge in [0.05, 0.1) is 0 Å². The van der Waals surface area contributed by atoms with E-state index in [-0.39, 0.29) is 18.6 Å². The molecule has 3 nitrogen and oxygen atoms in total. The second-order valence-electron chi connectivity index (χ2n) is 12.3. The summed E-state index contributed by atoms with van der Waals surface area (Å²) in [5, 5.41) is 5.22. The third-order valence-corrected chi connectivity index (χ3v) is 17.3. The summed E-state index contributed by atoms with van der Waals surface area (Å²) in [6.07, 6.45) is 10.8. The monoisotopic (exact) mass is 620 g/mol. The molecule has 0 radical (unpaired) electrons. The molecule has 1 aliphatic heterocycles. The standard InChI is InChI=1S/C29H39N2OSi2.CH3.2ClH.Ti/c1-29(2,3)34(6,7)32-27-20-21-14-8-9-15-22(21)28(27)33(4,5)31-25-18-12-10-16-23(25)30-24-17-11-13-19-26(24)31;;;;/h8-19,21-22,27-28H,20H2,1-7H3;1H3;2*1H;/q2*-1;;;+2/p-2/t21-,22-,27+,28?;;;;/m0..../s1. The Balaban J connectivity index is 0.000000956. The Kier molecular flexibility index (Phi) is 10.3. The molecule has 4 atom stereocenters. The van der Waals surface area contributed by atoms with Gasteiger partial charge in [-0.05, 0) is 48.5 Å². The van der Waals surface area contributed by atoms with Crippen molar-refractivity contribution in [2.24, 2.45) is 11.8 Å². The molecular weight excluding hydrogens is 579 g/mol. The van der Waals surface area contributed by atoms with Crippen LogP contribution in [0.4, 0.5) is 22.7 Å². The van der Waals surface area contributed by atoms with E-state index >= 15 is 0 Å². The van der Waals surface area contributed by atoms with Crippen LogP contribution >= 0.6 is 18.6 Å². The van der Waals surface area contributed by atoms with Gasteiger partial charge in [0, 0.05) is 23.0 Å². The van der Waals surface area contributed by atoms with Gasteiger partial charge >= 0.3 is 35.6 Å². The van der Waals surface area contributed by atoms with Crippen molar-refractivity contribution >= 4 is 57.9 Å². The summed E-state index contributed by atoms with van der Waals surface area (Å²) < 4.78 is 9.98. The fourth-order valence-electron chi connectivity index (χ4n) is 6.08. The van der Waals surface area contributed by atoms with Gasteiger partial charge in [0.2, 0.25) is 0 Å². The van der Waals surface area contributed by atoms with Crippen LogP contribution in [0.25, 0.3) is 5.32 Å². The van der Waals surface area contributed by atoms with Gasteiger partial charge in [-0.3, -0.25) is 0 Å². The third kappa shape index (κ3) is 6.10. The Morgan fingerprint density at radius 2 is 1.39 bits per heavy atom. The molecular formula is C30H42Cl2N2OSi2Ti-2. The van der Waals surface area contributed by atoms with E-state index in [9.17, 15) is 0 Å². The van der Waals surface area contributed by atoms with Crippen molar-refractivity contribution in [1.82, 2.24) is 0 Å². The minimum absolute atomic E-state index is 0. The zero-order valence-corrected chi connectivity index (χ0v) is 29.1. The molecule has 2 aromatic carbocycles. The van der Waals surface area contributed by atoms with Crippen molar-refractivity contribution in [3.8, 4) is 0 Å². The van der Waals surface area contributed by atoms with Gasteiger partial charge < -0.3 is 21.7 Å². The average Bonchev–Trinajstić information content (AvgIpc) is 3.20. The van der Waals surface area contributed by atoms with Crippen molar-refractivity contribution < 1.29 is 21.5 Å². The number of para-hydroxylation sites is 4. The van der Waals surface area contributed by atoms with Crippen molar-refractivity contribution in [3.05, 3.63) is 85.6 Å². The quantitative estimate of drug-likeness (QED) is 0.251. The summed E-state index contributed by atoms with van der Waals surface area (Å²) in [6, 6.07) is 17.4. The second kappa shape index (κ2) is 12.4. The molecule has 2 aliphatic carbocycles. The number of allylic oxidation sites excluding steroid dienone is 4. The van der Waals surface area contributed by atoms with Gasteiger partial charge in [0.15, 0.2) is 16.6 Å². The maximum absolute atomic E-state index is 7.28. The van der Waals surface area contributed by atoms with E-state index in [4.69, 9.17) is 28.4 Å². The Morgan fingerprint density at radius 1 is 0.895 bits per heavy atom. The number of fused-ring (bicyclic) bond motifs is 3. The molecule has 0 bridgehead atoms. The van der Waals surface area contributed by atoms with E-state index in [1.807, 2.05) is 0 Å². The molecule has 2 aromatic rings. The predicted molar refractivity (Wildman–Crippen MR) is 169 cm³/mol. The van der Waals surface area contributed by atoms with Crippen LogP contribution in [0.2, 0.25) is 36.8 Å². The zero-order chi connectivity index (χ0) is 27.0. The van der Waals surface area contributed by atoms with Crippen LogP contribution in [-0.4, -0.2) is 22.7 Å². The van der Waals surface area contributed by atoms with Crippen LogP contribution in [0, 0.1) is 19.3 Å². The first-order valence-corrected chi connectivity index (χ1v) is 23.3. The molecule has 8 heteroatoms. The van der Waals surface area contributed by atoms with E-state index in [1.165, 1.54) is 11.4 Å². The van der Waals surface area contributed by atoms with Gasteiger partial charge in [-0.25, -0.2) is 0 Å². The molecule has 1 heterocycles. The van der Waals surface area contributed by atoms with Crippen LogP contribution < -0.4 is 4.57 Å². The van der Waals surface area contributed by atoms with Crippen LogP contribution in [0.5, 0.6) is 0 Å². The predicted octanol–water partition coefficient (Wildman–Crippen LogP) is 11.0. The summed E-state index contributed by atoms with van der Waals surface area (Å²) in [4.78, 5) is 0. The number of hydrogen-bond donors (Lipinski definition) is 0. The van der Waals surface area contributed by atoms with Crippen molar-refractivity contribution in [1.29, 1.82) is 0 Å². The topological polar surface area (TPSA) is 26.6 Å². The molecule has 0 aromatic heterocycles. The van der Waals surface area contributed by atoms with Gasteiger partial charge in [-0.1, -0.05) is 94.6 Å². The van der Waals surface area contributed by atoms with E-state index in [0.717, 1.165) is 17.8 Å². The van der Waals surface area contributed by atoms with Gasteiger partial charge in [0.25, 0.3) is 0 Å². The number of hydrogen-bond acceptors (Lipinski definition) is 2. The Hall–Kier alpha value is -0.792. The second-order valence-corrected chi connectivity index (χ2v) is 24.1. The van der Waals surface area contributed by atoms with E-state index in [1.54, 1.807) is 0 Å². The summed E-state index contributed by atoms with van der Waals surface area (Å²) in [6.45, 7) is 17.0. The fraction of sp³-hybridized carbons (Fsp3) is 0.433. The first-order chi connectivity index (χ1) is 17.4. The molecule has 3 aliphatic rings. The average molecular weight is 622 g/mol. The number of anilines is 2. The number of rotatable bonds is 4. The van der Waals surface area contributed by atoms with Crippen molar-refractivity contribution in [2.45, 2.75) is 70.1 Å². The molecule has 0 saturated heterocycles. The number of benzene rings is 2. The molecule has 1 fully saturated rings. The normalized spacial score (nSPS) is 23.7. The number of nitrogens with zero attached hydrogens (tertiary/aromatic N) is 2. The van der Waals surface area contributed by atoms with Crippen LogP contribution in [0.3, 0.4) is 0 Å². The van der Waals surface area contributed by atoms with Crippen LogP contribution in [0.15, 0.2) is 72.8 Å². The minimum atomic E-state index is -2.12. The molecule has 38 heavy (non-hydrogen) atoms. The van der Waals surface area contributed by atoms with E-state index in [0.29, 0.717) is 17.4 Å². The van der Waals surface area contributed by atoms with Crippen molar-refractivity contribution in [3.63, 3.8) is 0 Å². The summed E-state index contributed by atoms with van der Waals surface area (Å²) in [5.74, 6) is 1.09. The molecule has 1 unspecified atom stereocenters.